The SMILES string of the molecule is Cc1cc(S(=O)(=O)NCCCCCCl)sc1Br. The molecule has 1 rings (SSSR count). The smallest absolute Gasteiger partial charge is 0.210 e. The second kappa shape index (κ2) is 7.09. The summed E-state index contributed by atoms with van der Waals surface area (Å²) in [6.07, 6.45) is 2.68. The number of nitrogens with one attached hydrogen (secondary N) is 1. The molecule has 0 spiro atoms. The van der Waals surface area contributed by atoms with Gasteiger partial charge in [0.05, 0.1) is 3.79 Å². The highest BCUT2D eigenvalue weighted by molar-refractivity contribution is 9.11. The Bertz CT molecular complexity index is 439. The topological polar surface area (TPSA) is 46.2 Å². The van der Waals surface area contributed by atoms with Crippen molar-refractivity contribution in [2.75, 3.05) is 12.4 Å². The van der Waals surface area contributed by atoms with E-state index in [0.717, 1.165) is 28.6 Å². The summed E-state index contributed by atoms with van der Waals surface area (Å²) in [6, 6.07) is 1.68. The van der Waals surface area contributed by atoms with Crippen LogP contribution in [-0.4, -0.2) is 20.8 Å². The van der Waals surface area contributed by atoms with Crippen LogP contribution in [-0.2, 0) is 10.0 Å². The minimum atomic E-state index is -3.34. The highest BCUT2D eigenvalue weighted by Crippen LogP contribution is 2.30. The maximum atomic E-state index is 11.9. The number of hydrogen-bond donors (Lipinski definition) is 1. The van der Waals surface area contributed by atoms with E-state index in [0.29, 0.717) is 16.6 Å². The maximum Gasteiger partial charge on any atom is 0.250 e. The van der Waals surface area contributed by atoms with Crippen molar-refractivity contribution in [2.45, 2.75) is 30.4 Å². The first kappa shape index (κ1) is 15.4. The predicted molar refractivity (Wildman–Crippen MR) is 76.5 cm³/mol. The lowest BCUT2D eigenvalue weighted by molar-refractivity contribution is 0.578. The molecule has 0 saturated heterocycles. The number of thiophene rings is 1. The lowest BCUT2D eigenvalue weighted by Crippen LogP contribution is -2.24. The molecule has 98 valence electrons. The van der Waals surface area contributed by atoms with Gasteiger partial charge in [0, 0.05) is 12.4 Å². The molecule has 1 aromatic heterocycles. The van der Waals surface area contributed by atoms with Crippen LogP contribution in [0, 0.1) is 6.92 Å². The van der Waals surface area contributed by atoms with Crippen LogP contribution in [0.3, 0.4) is 0 Å². The van der Waals surface area contributed by atoms with Gasteiger partial charge in [0.1, 0.15) is 4.21 Å². The molecule has 1 N–H and O–H groups in total. The van der Waals surface area contributed by atoms with Gasteiger partial charge < -0.3 is 0 Å². The van der Waals surface area contributed by atoms with Gasteiger partial charge in [-0.15, -0.1) is 22.9 Å². The zero-order valence-corrected chi connectivity index (χ0v) is 13.5. The quantitative estimate of drug-likeness (QED) is 0.597. The van der Waals surface area contributed by atoms with Crippen LogP contribution in [0.5, 0.6) is 0 Å². The third-order valence-corrected chi connectivity index (χ3v) is 6.54. The molecule has 7 heteroatoms. The summed E-state index contributed by atoms with van der Waals surface area (Å²) < 4.78 is 27.6. The van der Waals surface area contributed by atoms with Crippen molar-refractivity contribution in [3.63, 3.8) is 0 Å². The molecule has 0 aliphatic rings. The molecular formula is C10H15BrClNO2S2. The van der Waals surface area contributed by atoms with Gasteiger partial charge in [-0.05, 0) is 47.3 Å². The fraction of sp³-hybridized carbons (Fsp3) is 0.600. The van der Waals surface area contributed by atoms with E-state index >= 15 is 0 Å². The Morgan fingerprint density at radius 2 is 2.12 bits per heavy atom. The average molecular weight is 361 g/mol. The maximum absolute atomic E-state index is 11.9. The lowest BCUT2D eigenvalue weighted by atomic mass is 10.2. The van der Waals surface area contributed by atoms with Gasteiger partial charge >= 0.3 is 0 Å². The second-order valence-electron chi connectivity index (χ2n) is 3.67. The molecule has 0 bridgehead atoms. The van der Waals surface area contributed by atoms with Crippen molar-refractivity contribution >= 4 is 48.9 Å². The number of unbranched alkanes of at least 4 members (excludes halogenated alkanes) is 2. The van der Waals surface area contributed by atoms with E-state index in [9.17, 15) is 8.42 Å². The lowest BCUT2D eigenvalue weighted by Gasteiger charge is -2.03. The zero-order valence-electron chi connectivity index (χ0n) is 9.50. The van der Waals surface area contributed by atoms with Crippen molar-refractivity contribution in [1.82, 2.24) is 4.72 Å². The number of sulfonamides is 1. The van der Waals surface area contributed by atoms with Crippen LogP contribution in [0.15, 0.2) is 14.1 Å². The number of rotatable bonds is 7. The van der Waals surface area contributed by atoms with E-state index in [1.165, 1.54) is 11.3 Å². The Morgan fingerprint density at radius 3 is 2.65 bits per heavy atom. The van der Waals surface area contributed by atoms with Gasteiger partial charge in [-0.3, -0.25) is 0 Å². The van der Waals surface area contributed by atoms with Crippen LogP contribution in [0.25, 0.3) is 0 Å². The number of alkyl halides is 1. The molecule has 0 saturated carbocycles. The minimum absolute atomic E-state index is 0.360. The van der Waals surface area contributed by atoms with E-state index < -0.39 is 10.0 Å². The Morgan fingerprint density at radius 1 is 1.41 bits per heavy atom. The number of aryl methyl sites for hydroxylation is 1. The standard InChI is InChI=1S/C10H15BrClNO2S2/c1-8-7-9(16-10(8)11)17(14,15)13-6-4-2-3-5-12/h7,13H,2-6H2,1H3. The molecule has 0 radical (unpaired) electrons. The molecule has 0 fully saturated rings. The van der Waals surface area contributed by atoms with Crippen molar-refractivity contribution < 1.29 is 8.42 Å². The minimum Gasteiger partial charge on any atom is -0.210 e. The van der Waals surface area contributed by atoms with E-state index in [1.807, 2.05) is 6.92 Å². The zero-order chi connectivity index (χ0) is 12.9. The third kappa shape index (κ3) is 4.87. The Kier molecular flexibility index (Phi) is 6.44. The van der Waals surface area contributed by atoms with E-state index in [1.54, 1.807) is 6.07 Å². The van der Waals surface area contributed by atoms with Gasteiger partial charge in [-0.1, -0.05) is 6.42 Å². The van der Waals surface area contributed by atoms with Gasteiger partial charge in [0.15, 0.2) is 0 Å². The van der Waals surface area contributed by atoms with Crippen LogP contribution in [0.4, 0.5) is 0 Å². The van der Waals surface area contributed by atoms with Gasteiger partial charge in [0.25, 0.3) is 0 Å². The highest BCUT2D eigenvalue weighted by Gasteiger charge is 2.17. The predicted octanol–water partition coefficient (Wildman–Crippen LogP) is 3.51. The average Bonchev–Trinajstić information content (AvgIpc) is 2.60. The normalized spacial score (nSPS) is 11.9. The van der Waals surface area contributed by atoms with E-state index in [4.69, 9.17) is 11.6 Å². The summed E-state index contributed by atoms with van der Waals surface area (Å²) in [4.78, 5) is 0. The molecule has 17 heavy (non-hydrogen) atoms. The monoisotopic (exact) mass is 359 g/mol. The summed E-state index contributed by atoms with van der Waals surface area (Å²) in [7, 11) is -3.34. The first-order valence-corrected chi connectivity index (χ1v) is 8.91. The molecule has 0 aliphatic carbocycles. The molecule has 0 aliphatic heterocycles. The molecule has 1 heterocycles. The Labute approximate surface area is 120 Å². The van der Waals surface area contributed by atoms with E-state index in [2.05, 4.69) is 20.7 Å². The summed E-state index contributed by atoms with van der Waals surface area (Å²) in [5, 5.41) is 0. The van der Waals surface area contributed by atoms with Gasteiger partial charge in [0.2, 0.25) is 10.0 Å². The van der Waals surface area contributed by atoms with Crippen molar-refractivity contribution in [1.29, 1.82) is 0 Å². The van der Waals surface area contributed by atoms with Crippen molar-refractivity contribution in [3.8, 4) is 0 Å². The van der Waals surface area contributed by atoms with Crippen molar-refractivity contribution in [2.24, 2.45) is 0 Å². The molecule has 0 aromatic carbocycles. The molecule has 0 atom stereocenters. The van der Waals surface area contributed by atoms with Crippen LogP contribution in [0.2, 0.25) is 0 Å². The first-order valence-electron chi connectivity index (χ1n) is 5.29. The Hall–Kier alpha value is 0.380. The fourth-order valence-electron chi connectivity index (χ4n) is 1.24. The second-order valence-corrected chi connectivity index (χ2v) is 8.41. The molecule has 3 nitrogen and oxygen atoms in total. The molecule has 0 amide bonds. The summed E-state index contributed by atoms with van der Waals surface area (Å²) in [5.41, 5.74) is 0.942. The number of halogens is 2. The van der Waals surface area contributed by atoms with Gasteiger partial charge in [-0.2, -0.15) is 0 Å². The third-order valence-electron chi connectivity index (χ3n) is 2.20. The largest absolute Gasteiger partial charge is 0.250 e. The van der Waals surface area contributed by atoms with Gasteiger partial charge in [-0.25, -0.2) is 13.1 Å². The van der Waals surface area contributed by atoms with Crippen molar-refractivity contribution in [3.05, 3.63) is 15.4 Å². The molecular weight excluding hydrogens is 346 g/mol. The summed E-state index contributed by atoms with van der Waals surface area (Å²) in [6.45, 7) is 2.34. The van der Waals surface area contributed by atoms with Crippen LogP contribution < -0.4 is 4.72 Å². The van der Waals surface area contributed by atoms with Crippen LogP contribution >= 0.6 is 38.9 Å². The number of hydrogen-bond acceptors (Lipinski definition) is 3. The molecule has 0 unspecified atom stereocenters. The molecule has 1 aromatic rings. The highest BCUT2D eigenvalue weighted by atomic mass is 79.9. The fourth-order valence-corrected chi connectivity index (χ4v) is 4.77. The summed E-state index contributed by atoms with van der Waals surface area (Å²) >= 11 is 10.1. The summed E-state index contributed by atoms with van der Waals surface area (Å²) in [5.74, 6) is 0.629. The van der Waals surface area contributed by atoms with Crippen LogP contribution in [0.1, 0.15) is 24.8 Å². The first-order chi connectivity index (χ1) is 7.97. The van der Waals surface area contributed by atoms with E-state index in [-0.39, 0.29) is 0 Å². The Balaban J connectivity index is 2.51.